The van der Waals surface area contributed by atoms with Gasteiger partial charge in [0.05, 0.1) is 5.56 Å². The number of nitrogens with zero attached hydrogens (tertiary/aromatic N) is 2. The van der Waals surface area contributed by atoms with Crippen LogP contribution >= 0.6 is 0 Å². The zero-order valence-electron chi connectivity index (χ0n) is 7.37. The van der Waals surface area contributed by atoms with Gasteiger partial charge in [-0.05, 0) is 6.92 Å². The Morgan fingerprint density at radius 2 is 2.29 bits per heavy atom. The van der Waals surface area contributed by atoms with Crippen molar-refractivity contribution in [2.75, 3.05) is 0 Å². The summed E-state index contributed by atoms with van der Waals surface area (Å²) in [5.41, 5.74) is -0.353. The minimum atomic E-state index is -3.42. The SMILES string of the molecule is Cc1ncncc1C(F)(F)CC(=O)O. The maximum absolute atomic E-state index is 13.2. The van der Waals surface area contributed by atoms with Crippen LogP contribution < -0.4 is 0 Å². The van der Waals surface area contributed by atoms with Crippen LogP contribution in [0.3, 0.4) is 0 Å². The van der Waals surface area contributed by atoms with Crippen molar-refractivity contribution in [3.63, 3.8) is 0 Å². The number of rotatable bonds is 3. The summed E-state index contributed by atoms with van der Waals surface area (Å²) in [6.07, 6.45) is 0.822. The van der Waals surface area contributed by atoms with Crippen molar-refractivity contribution in [3.05, 3.63) is 23.8 Å². The van der Waals surface area contributed by atoms with E-state index in [1.54, 1.807) is 0 Å². The van der Waals surface area contributed by atoms with E-state index in [1.807, 2.05) is 0 Å². The predicted molar refractivity (Wildman–Crippen MR) is 42.9 cm³/mol. The van der Waals surface area contributed by atoms with Crippen molar-refractivity contribution in [2.24, 2.45) is 0 Å². The largest absolute Gasteiger partial charge is 0.481 e. The molecule has 0 atom stereocenters. The summed E-state index contributed by atoms with van der Waals surface area (Å²) in [5, 5.41) is 8.28. The van der Waals surface area contributed by atoms with E-state index in [2.05, 4.69) is 9.97 Å². The molecule has 0 aliphatic carbocycles. The van der Waals surface area contributed by atoms with E-state index in [0.717, 1.165) is 12.5 Å². The smallest absolute Gasteiger partial charge is 0.309 e. The summed E-state index contributed by atoms with van der Waals surface area (Å²) >= 11 is 0. The highest BCUT2D eigenvalue weighted by Crippen LogP contribution is 2.32. The van der Waals surface area contributed by atoms with Gasteiger partial charge in [-0.2, -0.15) is 0 Å². The van der Waals surface area contributed by atoms with Crippen LogP contribution in [0, 0.1) is 6.92 Å². The molecule has 1 aromatic rings. The highest BCUT2D eigenvalue weighted by Gasteiger charge is 2.36. The molecule has 0 saturated carbocycles. The van der Waals surface area contributed by atoms with Gasteiger partial charge < -0.3 is 5.11 Å². The number of carboxylic acid groups (broad SMARTS) is 1. The van der Waals surface area contributed by atoms with E-state index in [0.29, 0.717) is 0 Å². The number of carbonyl (C=O) groups is 1. The van der Waals surface area contributed by atoms with Crippen molar-refractivity contribution >= 4 is 5.97 Å². The van der Waals surface area contributed by atoms with Crippen LogP contribution in [-0.4, -0.2) is 21.0 Å². The van der Waals surface area contributed by atoms with Gasteiger partial charge >= 0.3 is 5.97 Å². The van der Waals surface area contributed by atoms with E-state index < -0.39 is 23.9 Å². The number of aliphatic carboxylic acids is 1. The normalized spacial score (nSPS) is 11.4. The van der Waals surface area contributed by atoms with Gasteiger partial charge in [0.25, 0.3) is 5.92 Å². The first-order valence-corrected chi connectivity index (χ1v) is 3.80. The summed E-state index contributed by atoms with van der Waals surface area (Å²) in [7, 11) is 0. The summed E-state index contributed by atoms with van der Waals surface area (Å²) in [5.74, 6) is -4.98. The van der Waals surface area contributed by atoms with E-state index in [-0.39, 0.29) is 5.69 Å². The second-order valence-corrected chi connectivity index (χ2v) is 2.80. The average molecular weight is 202 g/mol. The Balaban J connectivity index is 3.03. The fourth-order valence-corrected chi connectivity index (χ4v) is 1.04. The average Bonchev–Trinajstić information content (AvgIpc) is 2.02. The lowest BCUT2D eigenvalue weighted by molar-refractivity contribution is -0.145. The zero-order valence-corrected chi connectivity index (χ0v) is 7.37. The van der Waals surface area contributed by atoms with Crippen LogP contribution in [0.5, 0.6) is 0 Å². The first-order chi connectivity index (χ1) is 6.43. The molecule has 4 nitrogen and oxygen atoms in total. The Morgan fingerprint density at radius 3 is 2.79 bits per heavy atom. The van der Waals surface area contributed by atoms with Crippen molar-refractivity contribution in [1.82, 2.24) is 9.97 Å². The Bertz CT molecular complexity index is 355. The molecule has 1 rings (SSSR count). The van der Waals surface area contributed by atoms with Crippen LogP contribution in [0.2, 0.25) is 0 Å². The zero-order chi connectivity index (χ0) is 10.8. The Morgan fingerprint density at radius 1 is 1.64 bits per heavy atom. The summed E-state index contributed by atoms with van der Waals surface area (Å²) < 4.78 is 26.4. The molecular formula is C8H8F2N2O2. The standard InChI is InChI=1S/C8H8F2N2O2/c1-5-6(3-11-4-12-5)8(9,10)2-7(13)14/h3-4H,2H2,1H3,(H,13,14). The highest BCUT2D eigenvalue weighted by atomic mass is 19.3. The molecule has 0 fully saturated rings. The van der Waals surface area contributed by atoms with Crippen LogP contribution in [-0.2, 0) is 10.7 Å². The topological polar surface area (TPSA) is 63.1 Å². The number of aryl methyl sites for hydroxylation is 1. The molecule has 1 aromatic heterocycles. The lowest BCUT2D eigenvalue weighted by atomic mass is 10.1. The molecule has 6 heteroatoms. The minimum Gasteiger partial charge on any atom is -0.481 e. The maximum Gasteiger partial charge on any atom is 0.309 e. The second kappa shape index (κ2) is 3.65. The number of aromatic nitrogens is 2. The van der Waals surface area contributed by atoms with Crippen molar-refractivity contribution < 1.29 is 18.7 Å². The third kappa shape index (κ3) is 2.21. The quantitative estimate of drug-likeness (QED) is 0.803. The third-order valence-corrected chi connectivity index (χ3v) is 1.68. The van der Waals surface area contributed by atoms with Crippen molar-refractivity contribution in [1.29, 1.82) is 0 Å². The molecule has 1 heterocycles. The first-order valence-electron chi connectivity index (χ1n) is 3.80. The van der Waals surface area contributed by atoms with Crippen molar-refractivity contribution in [2.45, 2.75) is 19.3 Å². The number of hydrogen-bond acceptors (Lipinski definition) is 3. The van der Waals surface area contributed by atoms with Gasteiger partial charge in [-0.15, -0.1) is 0 Å². The van der Waals surface area contributed by atoms with Crippen molar-refractivity contribution in [3.8, 4) is 0 Å². The first kappa shape index (κ1) is 10.5. The summed E-state index contributed by atoms with van der Waals surface area (Å²) in [6.45, 7) is 1.38. The molecule has 0 radical (unpaired) electrons. The van der Waals surface area contributed by atoms with E-state index in [4.69, 9.17) is 5.11 Å². The van der Waals surface area contributed by atoms with Gasteiger partial charge in [0, 0.05) is 11.9 Å². The molecule has 76 valence electrons. The molecule has 14 heavy (non-hydrogen) atoms. The van der Waals surface area contributed by atoms with Gasteiger partial charge in [-0.1, -0.05) is 0 Å². The van der Waals surface area contributed by atoms with Crippen LogP contribution in [0.1, 0.15) is 17.7 Å². The number of halogens is 2. The molecule has 0 saturated heterocycles. The summed E-state index contributed by atoms with van der Waals surface area (Å²) in [6, 6.07) is 0. The summed E-state index contributed by atoms with van der Waals surface area (Å²) in [4.78, 5) is 17.2. The fraction of sp³-hybridized carbons (Fsp3) is 0.375. The Kier molecular flexibility index (Phi) is 2.73. The molecular weight excluding hydrogens is 194 g/mol. The minimum absolute atomic E-state index is 0.0891. The van der Waals surface area contributed by atoms with Gasteiger partial charge in [-0.25, -0.2) is 18.7 Å². The maximum atomic E-state index is 13.2. The second-order valence-electron chi connectivity index (χ2n) is 2.80. The molecule has 0 amide bonds. The van der Waals surface area contributed by atoms with Crippen LogP contribution in [0.4, 0.5) is 8.78 Å². The molecule has 0 spiro atoms. The number of carboxylic acids is 1. The molecule has 0 bridgehead atoms. The lowest BCUT2D eigenvalue weighted by Gasteiger charge is -2.14. The molecule has 0 unspecified atom stereocenters. The van der Waals surface area contributed by atoms with E-state index >= 15 is 0 Å². The van der Waals surface area contributed by atoms with Gasteiger partial charge in [-0.3, -0.25) is 4.79 Å². The molecule has 0 aliphatic heterocycles. The lowest BCUT2D eigenvalue weighted by Crippen LogP contribution is -2.20. The van der Waals surface area contributed by atoms with Crippen LogP contribution in [0.15, 0.2) is 12.5 Å². The third-order valence-electron chi connectivity index (χ3n) is 1.68. The number of alkyl halides is 2. The highest BCUT2D eigenvalue weighted by molar-refractivity contribution is 5.68. The Hall–Kier alpha value is -1.59. The Labute approximate surface area is 78.6 Å². The fourth-order valence-electron chi connectivity index (χ4n) is 1.04. The van der Waals surface area contributed by atoms with Gasteiger partial charge in [0.15, 0.2) is 0 Å². The number of hydrogen-bond donors (Lipinski definition) is 1. The van der Waals surface area contributed by atoms with E-state index in [9.17, 15) is 13.6 Å². The molecule has 0 aliphatic rings. The van der Waals surface area contributed by atoms with Gasteiger partial charge in [0.1, 0.15) is 12.7 Å². The van der Waals surface area contributed by atoms with Crippen LogP contribution in [0.25, 0.3) is 0 Å². The molecule has 1 N–H and O–H groups in total. The monoisotopic (exact) mass is 202 g/mol. The van der Waals surface area contributed by atoms with Gasteiger partial charge in [0.2, 0.25) is 0 Å². The predicted octanol–water partition coefficient (Wildman–Crippen LogP) is 1.35. The van der Waals surface area contributed by atoms with E-state index in [1.165, 1.54) is 6.92 Å². The molecule has 0 aromatic carbocycles.